The van der Waals surface area contributed by atoms with Crippen molar-refractivity contribution in [3.8, 4) is 11.5 Å². The number of ether oxygens (including phenoxy) is 2. The van der Waals surface area contributed by atoms with Crippen molar-refractivity contribution in [1.29, 1.82) is 0 Å². The van der Waals surface area contributed by atoms with Crippen LogP contribution in [-0.2, 0) is 14.4 Å². The standard InChI is InChI=1S/C27H27ClN4O5/c1-4-36-23-13-19(11-12-22(23)37-16-24(33)30-21-10-6-9-20(28)14-21)15-29-32-27(35)26(34)31-25-17(2)7-5-8-18(25)3/h5-15H,4,16H2,1-3H3,(H,30,33)(H,31,34)(H,32,35)/b29-15-. The summed E-state index contributed by atoms with van der Waals surface area (Å²) in [7, 11) is 0. The van der Waals surface area contributed by atoms with Gasteiger partial charge in [-0.25, -0.2) is 5.43 Å². The van der Waals surface area contributed by atoms with E-state index in [1.54, 1.807) is 42.5 Å². The minimum absolute atomic E-state index is 0.244. The third-order valence-corrected chi connectivity index (χ3v) is 5.28. The predicted octanol–water partition coefficient (Wildman–Crippen LogP) is 4.46. The minimum Gasteiger partial charge on any atom is -0.490 e. The van der Waals surface area contributed by atoms with Gasteiger partial charge in [-0.2, -0.15) is 5.10 Å². The molecule has 0 fully saturated rings. The van der Waals surface area contributed by atoms with Crippen molar-refractivity contribution in [1.82, 2.24) is 5.43 Å². The normalized spacial score (nSPS) is 10.6. The lowest BCUT2D eigenvalue weighted by atomic mass is 10.1. The first-order valence-electron chi connectivity index (χ1n) is 11.4. The summed E-state index contributed by atoms with van der Waals surface area (Å²) in [5, 5.41) is 9.66. The first-order valence-corrected chi connectivity index (χ1v) is 11.8. The van der Waals surface area contributed by atoms with Crippen molar-refractivity contribution in [3.05, 3.63) is 82.4 Å². The molecule has 0 atom stereocenters. The van der Waals surface area contributed by atoms with Crippen LogP contribution < -0.4 is 25.5 Å². The first kappa shape index (κ1) is 27.2. The number of hydrogen-bond donors (Lipinski definition) is 3. The van der Waals surface area contributed by atoms with Gasteiger partial charge in [0.05, 0.1) is 12.8 Å². The molecule has 0 saturated heterocycles. The Balaban J connectivity index is 1.57. The average Bonchev–Trinajstić information content (AvgIpc) is 2.86. The maximum absolute atomic E-state index is 12.2. The molecule has 3 aromatic rings. The number of amides is 3. The molecular formula is C27H27ClN4O5. The van der Waals surface area contributed by atoms with Gasteiger partial charge in [0.2, 0.25) is 0 Å². The van der Waals surface area contributed by atoms with Gasteiger partial charge in [0.1, 0.15) is 0 Å². The molecule has 0 radical (unpaired) electrons. The van der Waals surface area contributed by atoms with E-state index < -0.39 is 11.8 Å². The maximum atomic E-state index is 12.2. The topological polar surface area (TPSA) is 118 Å². The van der Waals surface area contributed by atoms with E-state index in [0.717, 1.165) is 11.1 Å². The summed E-state index contributed by atoms with van der Waals surface area (Å²) < 4.78 is 11.2. The van der Waals surface area contributed by atoms with Gasteiger partial charge >= 0.3 is 11.8 Å². The molecular weight excluding hydrogens is 496 g/mol. The fraction of sp³-hybridized carbons (Fsp3) is 0.185. The van der Waals surface area contributed by atoms with E-state index >= 15 is 0 Å². The Bertz CT molecular complexity index is 1310. The van der Waals surface area contributed by atoms with Gasteiger partial charge in [-0.3, -0.25) is 14.4 Å². The Morgan fingerprint density at radius 2 is 1.62 bits per heavy atom. The number of nitrogens with one attached hydrogen (secondary N) is 3. The van der Waals surface area contributed by atoms with Crippen molar-refractivity contribution in [2.75, 3.05) is 23.8 Å². The summed E-state index contributed by atoms with van der Waals surface area (Å²) in [5.74, 6) is -1.35. The van der Waals surface area contributed by atoms with Gasteiger partial charge < -0.3 is 20.1 Å². The van der Waals surface area contributed by atoms with Crippen molar-refractivity contribution < 1.29 is 23.9 Å². The Kier molecular flexibility index (Phi) is 9.62. The number of carbonyl (C=O) groups is 3. The molecule has 0 aliphatic carbocycles. The summed E-state index contributed by atoms with van der Waals surface area (Å²) in [6, 6.07) is 17.3. The SMILES string of the molecule is CCOc1cc(/C=N\NC(=O)C(=O)Nc2c(C)cccc2C)ccc1OCC(=O)Nc1cccc(Cl)c1. The number of hydrazone groups is 1. The highest BCUT2D eigenvalue weighted by molar-refractivity contribution is 6.39. The van der Waals surface area contributed by atoms with Gasteiger partial charge in [-0.1, -0.05) is 35.9 Å². The van der Waals surface area contributed by atoms with Crippen LogP contribution in [0.1, 0.15) is 23.6 Å². The van der Waals surface area contributed by atoms with E-state index in [1.807, 2.05) is 39.0 Å². The van der Waals surface area contributed by atoms with Crippen molar-refractivity contribution in [3.63, 3.8) is 0 Å². The van der Waals surface area contributed by atoms with E-state index in [0.29, 0.717) is 40.1 Å². The van der Waals surface area contributed by atoms with Crippen molar-refractivity contribution in [2.45, 2.75) is 20.8 Å². The van der Waals surface area contributed by atoms with Crippen LogP contribution in [0.25, 0.3) is 0 Å². The lowest BCUT2D eigenvalue weighted by Crippen LogP contribution is -2.32. The monoisotopic (exact) mass is 522 g/mol. The van der Waals surface area contributed by atoms with Gasteiger partial charge in [-0.15, -0.1) is 0 Å². The molecule has 37 heavy (non-hydrogen) atoms. The Hall–Kier alpha value is -4.37. The average molecular weight is 523 g/mol. The molecule has 0 unspecified atom stereocenters. The molecule has 0 saturated carbocycles. The fourth-order valence-corrected chi connectivity index (χ4v) is 3.49. The van der Waals surface area contributed by atoms with Crippen LogP contribution in [0.2, 0.25) is 5.02 Å². The van der Waals surface area contributed by atoms with Crippen LogP contribution in [0.3, 0.4) is 0 Å². The molecule has 0 heterocycles. The minimum atomic E-state index is -0.908. The van der Waals surface area contributed by atoms with Crippen molar-refractivity contribution in [2.24, 2.45) is 5.10 Å². The molecule has 0 aliphatic rings. The van der Waals surface area contributed by atoms with Crippen LogP contribution in [0.4, 0.5) is 11.4 Å². The Morgan fingerprint density at radius 3 is 2.32 bits per heavy atom. The highest BCUT2D eigenvalue weighted by atomic mass is 35.5. The van der Waals surface area contributed by atoms with Gasteiger partial charge in [0.25, 0.3) is 5.91 Å². The summed E-state index contributed by atoms with van der Waals surface area (Å²) >= 11 is 5.93. The van der Waals surface area contributed by atoms with E-state index in [9.17, 15) is 14.4 Å². The zero-order valence-electron chi connectivity index (χ0n) is 20.6. The largest absolute Gasteiger partial charge is 0.490 e. The molecule has 0 aromatic heterocycles. The second-order valence-corrected chi connectivity index (χ2v) is 8.34. The number of carbonyl (C=O) groups excluding carboxylic acids is 3. The van der Waals surface area contributed by atoms with Crippen LogP contribution in [-0.4, -0.2) is 37.1 Å². The molecule has 0 aliphatic heterocycles. The number of para-hydroxylation sites is 1. The molecule has 3 N–H and O–H groups in total. The van der Waals surface area contributed by atoms with E-state index in [-0.39, 0.29) is 12.5 Å². The van der Waals surface area contributed by atoms with E-state index in [2.05, 4.69) is 21.2 Å². The predicted molar refractivity (Wildman–Crippen MR) is 143 cm³/mol. The number of aryl methyl sites for hydroxylation is 2. The zero-order valence-corrected chi connectivity index (χ0v) is 21.4. The lowest BCUT2D eigenvalue weighted by Gasteiger charge is -2.13. The molecule has 9 nitrogen and oxygen atoms in total. The fourth-order valence-electron chi connectivity index (χ4n) is 3.30. The zero-order chi connectivity index (χ0) is 26.8. The highest BCUT2D eigenvalue weighted by Gasteiger charge is 2.15. The summed E-state index contributed by atoms with van der Waals surface area (Å²) in [6.45, 7) is 5.61. The van der Waals surface area contributed by atoms with Gasteiger partial charge in [0, 0.05) is 16.4 Å². The maximum Gasteiger partial charge on any atom is 0.329 e. The quantitative estimate of drug-likeness (QED) is 0.218. The number of benzene rings is 3. The number of nitrogens with zero attached hydrogens (tertiary/aromatic N) is 1. The number of hydrogen-bond acceptors (Lipinski definition) is 6. The summed E-state index contributed by atoms with van der Waals surface area (Å²) in [4.78, 5) is 36.6. The Labute approximate surface area is 219 Å². The van der Waals surface area contributed by atoms with E-state index in [4.69, 9.17) is 21.1 Å². The smallest absolute Gasteiger partial charge is 0.329 e. The van der Waals surface area contributed by atoms with Crippen LogP contribution in [0, 0.1) is 13.8 Å². The second-order valence-electron chi connectivity index (χ2n) is 7.91. The Morgan fingerprint density at radius 1 is 0.892 bits per heavy atom. The third kappa shape index (κ3) is 8.08. The molecule has 0 spiro atoms. The third-order valence-electron chi connectivity index (χ3n) is 5.04. The van der Waals surface area contributed by atoms with Gasteiger partial charge in [-0.05, 0) is 73.9 Å². The van der Waals surface area contributed by atoms with Crippen molar-refractivity contribution >= 4 is 46.9 Å². The van der Waals surface area contributed by atoms with Crippen LogP contribution >= 0.6 is 11.6 Å². The molecule has 3 aromatic carbocycles. The lowest BCUT2D eigenvalue weighted by molar-refractivity contribution is -0.136. The highest BCUT2D eigenvalue weighted by Crippen LogP contribution is 2.28. The van der Waals surface area contributed by atoms with Crippen LogP contribution in [0.5, 0.6) is 11.5 Å². The molecule has 0 bridgehead atoms. The molecule has 3 rings (SSSR count). The summed E-state index contributed by atoms with van der Waals surface area (Å²) in [5.41, 5.74) is 5.62. The molecule has 3 amide bonds. The van der Waals surface area contributed by atoms with E-state index in [1.165, 1.54) is 6.21 Å². The molecule has 10 heteroatoms. The molecule has 192 valence electrons. The first-order chi connectivity index (χ1) is 17.8. The number of anilines is 2. The van der Waals surface area contributed by atoms with Crippen LogP contribution in [0.15, 0.2) is 65.8 Å². The second kappa shape index (κ2) is 13.1. The summed E-state index contributed by atoms with van der Waals surface area (Å²) in [6.07, 6.45) is 1.36. The number of rotatable bonds is 9. The number of halogens is 1. The van der Waals surface area contributed by atoms with Gasteiger partial charge in [0.15, 0.2) is 18.1 Å².